The lowest BCUT2D eigenvalue weighted by Gasteiger charge is -2.44. The first-order valence-corrected chi connectivity index (χ1v) is 14.7. The highest BCUT2D eigenvalue weighted by atomic mass is 16.5. The fourth-order valence-corrected chi connectivity index (χ4v) is 6.54. The first kappa shape index (κ1) is 27.1. The largest absolute Gasteiger partial charge is 0.493 e. The first-order chi connectivity index (χ1) is 19.9. The summed E-state index contributed by atoms with van der Waals surface area (Å²) in [5.74, 6) is 1.16. The van der Waals surface area contributed by atoms with Crippen LogP contribution in [0.1, 0.15) is 72.3 Å². The molecule has 3 aliphatic rings. The topological polar surface area (TPSA) is 55.8 Å². The summed E-state index contributed by atoms with van der Waals surface area (Å²) in [4.78, 5) is 29.6. The molecule has 0 N–H and O–H groups in total. The molecule has 0 radical (unpaired) electrons. The Kier molecular flexibility index (Phi) is 7.53. The van der Waals surface area contributed by atoms with Crippen LogP contribution in [-0.4, -0.2) is 23.6 Å². The maximum absolute atomic E-state index is 13.6. The SMILES string of the molecule is COc1cc(C2C3=C(CCCC3=O)N(Cc3ccccc3)C3=C2C(=O)CCC3)ccc1OCc1ccc(C)c(C)c1. The molecule has 0 amide bonds. The fraction of sp³-hybridized carbons (Fsp3) is 0.333. The molecule has 5 heteroatoms. The highest BCUT2D eigenvalue weighted by molar-refractivity contribution is 6.06. The number of carbonyl (C=O) groups is 2. The monoisotopic (exact) mass is 547 g/mol. The molecule has 41 heavy (non-hydrogen) atoms. The second-order valence-corrected chi connectivity index (χ2v) is 11.4. The van der Waals surface area contributed by atoms with Crippen LogP contribution in [0.15, 0.2) is 89.3 Å². The second kappa shape index (κ2) is 11.4. The Hall–Kier alpha value is -4.12. The average molecular weight is 548 g/mol. The normalized spacial score (nSPS) is 17.5. The molecule has 3 aromatic rings. The van der Waals surface area contributed by atoms with E-state index in [1.165, 1.54) is 16.7 Å². The van der Waals surface area contributed by atoms with Crippen LogP contribution in [0.3, 0.4) is 0 Å². The zero-order valence-electron chi connectivity index (χ0n) is 24.2. The van der Waals surface area contributed by atoms with Crippen molar-refractivity contribution < 1.29 is 19.1 Å². The van der Waals surface area contributed by atoms with E-state index in [9.17, 15) is 9.59 Å². The van der Waals surface area contributed by atoms with Crippen molar-refractivity contribution in [1.29, 1.82) is 0 Å². The van der Waals surface area contributed by atoms with Crippen molar-refractivity contribution >= 4 is 11.6 Å². The molecule has 1 aliphatic heterocycles. The molecule has 3 aromatic carbocycles. The van der Waals surface area contributed by atoms with Gasteiger partial charge in [-0.2, -0.15) is 0 Å². The zero-order chi connectivity index (χ0) is 28.5. The molecule has 0 saturated carbocycles. The molecule has 210 valence electrons. The van der Waals surface area contributed by atoms with E-state index >= 15 is 0 Å². The predicted molar refractivity (Wildman–Crippen MR) is 160 cm³/mol. The first-order valence-electron chi connectivity index (χ1n) is 14.7. The summed E-state index contributed by atoms with van der Waals surface area (Å²) < 4.78 is 12.0. The quantitative estimate of drug-likeness (QED) is 0.306. The summed E-state index contributed by atoms with van der Waals surface area (Å²) in [6.45, 7) is 5.30. The molecular weight excluding hydrogens is 510 g/mol. The van der Waals surface area contributed by atoms with Crippen LogP contribution in [-0.2, 0) is 22.7 Å². The van der Waals surface area contributed by atoms with Crippen LogP contribution in [0, 0.1) is 13.8 Å². The summed E-state index contributed by atoms with van der Waals surface area (Å²) >= 11 is 0. The van der Waals surface area contributed by atoms with E-state index in [0.29, 0.717) is 37.5 Å². The molecule has 0 saturated heterocycles. The average Bonchev–Trinajstić information content (AvgIpc) is 2.99. The number of rotatable bonds is 7. The smallest absolute Gasteiger partial charge is 0.161 e. The van der Waals surface area contributed by atoms with Gasteiger partial charge in [-0.15, -0.1) is 0 Å². The van der Waals surface area contributed by atoms with E-state index in [1.54, 1.807) is 7.11 Å². The molecule has 0 spiro atoms. The molecule has 2 aliphatic carbocycles. The standard InChI is InChI=1S/C36H37NO4/c1-23-15-16-26(19-24(23)2)22-41-32-18-17-27(20-33(32)40-3)34-35-28(11-7-13-30(35)38)37(21-25-9-5-4-6-10-25)29-12-8-14-31(39)36(29)34/h4-6,9-10,15-20,34H,7-8,11-14,21-22H2,1-3H3. The third-order valence-corrected chi connectivity index (χ3v) is 8.76. The minimum Gasteiger partial charge on any atom is -0.493 e. The Morgan fingerprint density at radius 3 is 2.05 bits per heavy atom. The second-order valence-electron chi connectivity index (χ2n) is 11.4. The number of ketones is 2. The van der Waals surface area contributed by atoms with Gasteiger partial charge in [0.2, 0.25) is 0 Å². The van der Waals surface area contributed by atoms with Crippen LogP contribution in [0.4, 0.5) is 0 Å². The van der Waals surface area contributed by atoms with Crippen LogP contribution in [0.2, 0.25) is 0 Å². The minimum atomic E-state index is -0.379. The minimum absolute atomic E-state index is 0.147. The van der Waals surface area contributed by atoms with Gasteiger partial charge in [-0.25, -0.2) is 0 Å². The Balaban J connectivity index is 1.40. The molecule has 0 fully saturated rings. The third kappa shape index (κ3) is 5.21. The number of carbonyl (C=O) groups excluding carboxylic acids is 2. The fourth-order valence-electron chi connectivity index (χ4n) is 6.54. The molecule has 5 nitrogen and oxygen atoms in total. The number of Topliss-reactive ketones (excluding diaryl/α,β-unsaturated/α-hetero) is 2. The number of benzene rings is 3. The van der Waals surface area contributed by atoms with Crippen molar-refractivity contribution in [2.75, 3.05) is 7.11 Å². The number of ether oxygens (including phenoxy) is 2. The van der Waals surface area contributed by atoms with Gasteiger partial charge in [0.1, 0.15) is 6.61 Å². The lowest BCUT2D eigenvalue weighted by Crippen LogP contribution is -2.38. The van der Waals surface area contributed by atoms with E-state index in [0.717, 1.165) is 59.4 Å². The van der Waals surface area contributed by atoms with Gasteiger partial charge in [0, 0.05) is 47.8 Å². The molecule has 0 aromatic heterocycles. The summed E-state index contributed by atoms with van der Waals surface area (Å²) in [6, 6.07) is 22.6. The summed E-state index contributed by atoms with van der Waals surface area (Å²) in [7, 11) is 1.64. The van der Waals surface area contributed by atoms with Crippen molar-refractivity contribution in [1.82, 2.24) is 4.90 Å². The molecule has 0 atom stereocenters. The lowest BCUT2D eigenvalue weighted by molar-refractivity contribution is -0.117. The molecule has 0 unspecified atom stereocenters. The maximum Gasteiger partial charge on any atom is 0.161 e. The van der Waals surface area contributed by atoms with E-state index in [1.807, 2.05) is 36.4 Å². The van der Waals surface area contributed by atoms with E-state index < -0.39 is 0 Å². The van der Waals surface area contributed by atoms with Crippen molar-refractivity contribution in [2.24, 2.45) is 0 Å². The predicted octanol–water partition coefficient (Wildman–Crippen LogP) is 7.50. The third-order valence-electron chi connectivity index (χ3n) is 8.76. The van der Waals surface area contributed by atoms with Gasteiger partial charge in [-0.05, 0) is 79.5 Å². The van der Waals surface area contributed by atoms with Crippen molar-refractivity contribution in [3.8, 4) is 11.5 Å². The highest BCUT2D eigenvalue weighted by Crippen LogP contribution is 2.50. The Morgan fingerprint density at radius 2 is 1.41 bits per heavy atom. The van der Waals surface area contributed by atoms with Gasteiger partial charge in [-0.1, -0.05) is 54.6 Å². The Bertz CT molecular complexity index is 1520. The number of hydrogen-bond donors (Lipinski definition) is 0. The molecule has 6 rings (SSSR count). The van der Waals surface area contributed by atoms with Crippen molar-refractivity contribution in [3.05, 3.63) is 117 Å². The van der Waals surface area contributed by atoms with Gasteiger partial charge in [0.15, 0.2) is 23.1 Å². The number of hydrogen-bond acceptors (Lipinski definition) is 5. The van der Waals surface area contributed by atoms with Crippen LogP contribution >= 0.6 is 0 Å². The van der Waals surface area contributed by atoms with E-state index in [4.69, 9.17) is 9.47 Å². The zero-order valence-corrected chi connectivity index (χ0v) is 24.2. The van der Waals surface area contributed by atoms with Gasteiger partial charge in [0.25, 0.3) is 0 Å². The van der Waals surface area contributed by atoms with Crippen LogP contribution in [0.25, 0.3) is 0 Å². The van der Waals surface area contributed by atoms with Crippen LogP contribution in [0.5, 0.6) is 11.5 Å². The van der Waals surface area contributed by atoms with E-state index in [2.05, 4.69) is 49.1 Å². The van der Waals surface area contributed by atoms with Crippen LogP contribution < -0.4 is 9.47 Å². The molecule has 0 bridgehead atoms. The highest BCUT2D eigenvalue weighted by Gasteiger charge is 2.43. The summed E-state index contributed by atoms with van der Waals surface area (Å²) in [6.07, 6.45) is 4.37. The lowest BCUT2D eigenvalue weighted by atomic mass is 9.71. The van der Waals surface area contributed by atoms with Gasteiger partial charge in [-0.3, -0.25) is 9.59 Å². The summed E-state index contributed by atoms with van der Waals surface area (Å²) in [5.41, 5.74) is 9.39. The van der Waals surface area contributed by atoms with Gasteiger partial charge in [0.05, 0.1) is 7.11 Å². The number of allylic oxidation sites excluding steroid dienone is 4. The number of methoxy groups -OCH3 is 1. The van der Waals surface area contributed by atoms with Gasteiger partial charge >= 0.3 is 0 Å². The van der Waals surface area contributed by atoms with E-state index in [-0.39, 0.29) is 17.5 Å². The van der Waals surface area contributed by atoms with Crippen molar-refractivity contribution in [3.63, 3.8) is 0 Å². The number of nitrogens with zero attached hydrogens (tertiary/aromatic N) is 1. The van der Waals surface area contributed by atoms with Gasteiger partial charge < -0.3 is 14.4 Å². The Labute approximate surface area is 242 Å². The molecular formula is C36H37NO4. The Morgan fingerprint density at radius 1 is 0.732 bits per heavy atom. The summed E-state index contributed by atoms with van der Waals surface area (Å²) in [5, 5.41) is 0. The number of aryl methyl sites for hydroxylation is 2. The maximum atomic E-state index is 13.6. The molecule has 1 heterocycles. The van der Waals surface area contributed by atoms with Crippen molar-refractivity contribution in [2.45, 2.75) is 71.4 Å².